The molecule has 5 rings (SSSR count). The number of halogens is 2. The van der Waals surface area contributed by atoms with E-state index in [4.69, 9.17) is 33.7 Å². The molecule has 2 unspecified atom stereocenters. The Labute approximate surface area is 200 Å². The van der Waals surface area contributed by atoms with Crippen molar-refractivity contribution in [2.24, 2.45) is 11.1 Å². The van der Waals surface area contributed by atoms with Crippen LogP contribution in [-0.4, -0.2) is 46.4 Å². The minimum atomic E-state index is 0.0272. The van der Waals surface area contributed by atoms with Crippen LogP contribution in [0.2, 0.25) is 10.0 Å². The van der Waals surface area contributed by atoms with Crippen molar-refractivity contribution in [1.82, 2.24) is 14.6 Å². The Morgan fingerprint density at radius 3 is 2.78 bits per heavy atom. The molecule has 1 aromatic carbocycles. The van der Waals surface area contributed by atoms with Gasteiger partial charge in [0.05, 0.1) is 33.2 Å². The third kappa shape index (κ3) is 3.53. The summed E-state index contributed by atoms with van der Waals surface area (Å²) in [4.78, 5) is 3.74. The summed E-state index contributed by atoms with van der Waals surface area (Å²) in [6.07, 6.45) is 3.66. The van der Waals surface area contributed by atoms with E-state index < -0.39 is 0 Å². The van der Waals surface area contributed by atoms with Gasteiger partial charge in [-0.15, -0.1) is 10.2 Å². The lowest BCUT2D eigenvalue weighted by atomic mass is 9.73. The topological polar surface area (TPSA) is 92.5 Å². The van der Waals surface area contributed by atoms with Crippen LogP contribution in [0.4, 0.5) is 5.82 Å². The van der Waals surface area contributed by atoms with Crippen LogP contribution in [-0.2, 0) is 4.74 Å². The highest BCUT2D eigenvalue weighted by Gasteiger charge is 2.47. The van der Waals surface area contributed by atoms with Gasteiger partial charge >= 0.3 is 0 Å². The minimum Gasteiger partial charge on any atom is -0.376 e. The molecule has 2 aromatic heterocycles. The number of piperidine rings is 1. The Balaban J connectivity index is 1.49. The summed E-state index contributed by atoms with van der Waals surface area (Å²) >= 11 is 13.9. The highest BCUT2D eigenvalue weighted by molar-refractivity contribution is 7.99. The summed E-state index contributed by atoms with van der Waals surface area (Å²) in [5, 5.41) is 19.3. The van der Waals surface area contributed by atoms with E-state index in [1.165, 1.54) is 11.8 Å². The van der Waals surface area contributed by atoms with Gasteiger partial charge in [-0.3, -0.25) is 4.40 Å². The Kier molecular flexibility index (Phi) is 5.72. The van der Waals surface area contributed by atoms with Crippen molar-refractivity contribution in [2.45, 2.75) is 41.7 Å². The fourth-order valence-corrected chi connectivity index (χ4v) is 6.18. The van der Waals surface area contributed by atoms with E-state index in [1.54, 1.807) is 12.4 Å². The minimum absolute atomic E-state index is 0.0272. The maximum Gasteiger partial charge on any atom is 0.177 e. The molecule has 2 N–H and O–H groups in total. The molecule has 0 saturated carbocycles. The Bertz CT molecular complexity index is 1220. The molecule has 0 amide bonds. The number of anilines is 1. The molecule has 166 valence electrons. The smallest absolute Gasteiger partial charge is 0.177 e. The number of ether oxygens (including phenoxy) is 1. The molecular weight excluding hydrogens is 467 g/mol. The molecule has 2 fully saturated rings. The molecule has 2 saturated heterocycles. The van der Waals surface area contributed by atoms with Crippen LogP contribution < -0.4 is 10.6 Å². The lowest BCUT2D eigenvalue weighted by Crippen LogP contribution is -2.50. The lowest BCUT2D eigenvalue weighted by molar-refractivity contribution is 0.0974. The molecule has 1 spiro atoms. The van der Waals surface area contributed by atoms with Crippen LogP contribution in [0, 0.1) is 16.7 Å². The van der Waals surface area contributed by atoms with Crippen LogP contribution in [0.1, 0.15) is 25.3 Å². The average molecular weight is 489 g/mol. The van der Waals surface area contributed by atoms with Gasteiger partial charge < -0.3 is 15.4 Å². The van der Waals surface area contributed by atoms with E-state index in [0.717, 1.165) is 36.6 Å². The van der Waals surface area contributed by atoms with Crippen LogP contribution in [0.5, 0.6) is 0 Å². The number of nitrogens with zero attached hydrogens (tertiary/aromatic N) is 5. The monoisotopic (exact) mass is 488 g/mol. The number of rotatable bonds is 3. The highest BCUT2D eigenvalue weighted by Crippen LogP contribution is 2.44. The normalized spacial score (nSPS) is 22.5. The second-order valence-corrected chi connectivity index (χ2v) is 10.3. The molecule has 0 radical (unpaired) electrons. The molecule has 2 aliphatic heterocycles. The van der Waals surface area contributed by atoms with E-state index in [0.29, 0.717) is 32.8 Å². The predicted molar refractivity (Wildman–Crippen MR) is 126 cm³/mol. The number of hydrogen-bond acceptors (Lipinski definition) is 7. The summed E-state index contributed by atoms with van der Waals surface area (Å²) in [6.45, 7) is 4.42. The van der Waals surface area contributed by atoms with Gasteiger partial charge in [0.1, 0.15) is 18.2 Å². The standard InChI is InChI=1S/C22H22Cl2N6OS/c1-13-20(26)22(11-31-13)5-7-29(8-6-22)17-9-14(10-25)19(21-28-27-12-30(17)21)32-16-4-2-3-15(23)18(16)24/h2-4,9,12-13,20H,5-8,11,26H2,1H3. The van der Waals surface area contributed by atoms with Crippen molar-refractivity contribution in [3.63, 3.8) is 0 Å². The summed E-state index contributed by atoms with van der Waals surface area (Å²) in [6, 6.07) is 9.73. The number of pyridine rings is 1. The number of nitrogens with two attached hydrogens (primary N) is 1. The van der Waals surface area contributed by atoms with Gasteiger partial charge in [-0.1, -0.05) is 41.0 Å². The van der Waals surface area contributed by atoms with Crippen LogP contribution in [0.25, 0.3) is 5.65 Å². The molecule has 32 heavy (non-hydrogen) atoms. The molecule has 0 aliphatic carbocycles. The summed E-state index contributed by atoms with van der Waals surface area (Å²) in [7, 11) is 0. The first-order valence-electron chi connectivity index (χ1n) is 10.4. The van der Waals surface area contributed by atoms with E-state index in [2.05, 4.69) is 21.2 Å². The van der Waals surface area contributed by atoms with Crippen LogP contribution >= 0.6 is 35.0 Å². The van der Waals surface area contributed by atoms with Crippen LogP contribution in [0.15, 0.2) is 40.4 Å². The molecule has 2 atom stereocenters. The first-order valence-corrected chi connectivity index (χ1v) is 12.0. The van der Waals surface area contributed by atoms with Gasteiger partial charge in [0.2, 0.25) is 0 Å². The number of benzene rings is 1. The van der Waals surface area contributed by atoms with E-state index >= 15 is 0 Å². The Morgan fingerprint density at radius 2 is 2.09 bits per heavy atom. The summed E-state index contributed by atoms with van der Waals surface area (Å²) in [5.41, 5.74) is 7.64. The van der Waals surface area contributed by atoms with Crippen LogP contribution in [0.3, 0.4) is 0 Å². The third-order valence-corrected chi connectivity index (χ3v) is 8.79. The second kappa shape index (κ2) is 8.40. The molecule has 3 aromatic rings. The fraction of sp³-hybridized carbons (Fsp3) is 0.409. The van der Waals surface area contributed by atoms with Crippen molar-refractivity contribution in [3.8, 4) is 6.07 Å². The Morgan fingerprint density at radius 1 is 1.31 bits per heavy atom. The van der Waals surface area contributed by atoms with Crippen molar-refractivity contribution in [2.75, 3.05) is 24.6 Å². The molecular formula is C22H22Cl2N6OS. The maximum absolute atomic E-state index is 9.94. The zero-order valence-electron chi connectivity index (χ0n) is 17.5. The van der Waals surface area contributed by atoms with Crippen molar-refractivity contribution in [3.05, 3.63) is 46.2 Å². The fourth-order valence-electron chi connectivity index (χ4n) is 4.70. The van der Waals surface area contributed by atoms with Crippen molar-refractivity contribution < 1.29 is 4.74 Å². The summed E-state index contributed by atoms with van der Waals surface area (Å²) in [5.74, 6) is 0.901. The van der Waals surface area contributed by atoms with E-state index in [9.17, 15) is 5.26 Å². The third-order valence-electron chi connectivity index (χ3n) is 6.69. The second-order valence-electron chi connectivity index (χ2n) is 8.43. The number of aromatic nitrogens is 3. The molecule has 10 heteroatoms. The van der Waals surface area contributed by atoms with Crippen molar-refractivity contribution in [1.29, 1.82) is 5.26 Å². The van der Waals surface area contributed by atoms with Gasteiger partial charge in [-0.25, -0.2) is 0 Å². The largest absolute Gasteiger partial charge is 0.376 e. The molecule has 2 aliphatic rings. The maximum atomic E-state index is 9.94. The van der Waals surface area contributed by atoms with Crippen molar-refractivity contribution >= 4 is 46.4 Å². The SMILES string of the molecule is CC1OCC2(CCN(c3cc(C#N)c(Sc4cccc(Cl)c4Cl)c4nncn34)CC2)C1N. The number of nitriles is 1. The van der Waals surface area contributed by atoms with Gasteiger partial charge in [0.25, 0.3) is 0 Å². The average Bonchev–Trinajstić information content (AvgIpc) is 3.39. The summed E-state index contributed by atoms with van der Waals surface area (Å²) < 4.78 is 7.79. The first kappa shape index (κ1) is 21.8. The highest BCUT2D eigenvalue weighted by atomic mass is 35.5. The van der Waals surface area contributed by atoms with E-state index in [1.807, 2.05) is 29.5 Å². The molecule has 7 nitrogen and oxygen atoms in total. The first-order chi connectivity index (χ1) is 15.4. The van der Waals surface area contributed by atoms with E-state index in [-0.39, 0.29) is 17.6 Å². The zero-order chi connectivity index (χ0) is 22.5. The lowest BCUT2D eigenvalue weighted by Gasteiger charge is -2.42. The number of hydrogen-bond donors (Lipinski definition) is 1. The predicted octanol–water partition coefficient (Wildman–Crippen LogP) is 4.39. The zero-order valence-corrected chi connectivity index (χ0v) is 19.8. The quantitative estimate of drug-likeness (QED) is 0.583. The van der Waals surface area contributed by atoms with Gasteiger partial charge in [0, 0.05) is 29.4 Å². The van der Waals surface area contributed by atoms with Gasteiger partial charge in [-0.2, -0.15) is 5.26 Å². The number of fused-ring (bicyclic) bond motifs is 1. The molecule has 0 bridgehead atoms. The Hall–Kier alpha value is -2.02. The molecule has 4 heterocycles. The van der Waals surface area contributed by atoms with Gasteiger partial charge in [-0.05, 0) is 38.0 Å². The van der Waals surface area contributed by atoms with Gasteiger partial charge in [0.15, 0.2) is 5.65 Å².